The second kappa shape index (κ2) is 2.99. The van der Waals surface area contributed by atoms with Crippen LogP contribution >= 0.6 is 0 Å². The molecule has 0 unspecified atom stereocenters. The zero-order valence-corrected chi connectivity index (χ0v) is 8.18. The van der Waals surface area contributed by atoms with Gasteiger partial charge in [-0.3, -0.25) is 4.98 Å². The highest BCUT2D eigenvalue weighted by atomic mass is 16.4. The summed E-state index contributed by atoms with van der Waals surface area (Å²) in [5.74, 6) is -0.0205. The lowest BCUT2D eigenvalue weighted by molar-refractivity contribution is 0.555. The van der Waals surface area contributed by atoms with Crippen LogP contribution in [0.3, 0.4) is 0 Å². The summed E-state index contributed by atoms with van der Waals surface area (Å²) >= 11 is 0. The number of nitrogen functional groups attached to an aromatic ring is 1. The van der Waals surface area contributed by atoms with E-state index in [2.05, 4.69) is 10.1 Å². The van der Waals surface area contributed by atoms with Gasteiger partial charge in [0.25, 0.3) is 0 Å². The van der Waals surface area contributed by atoms with E-state index < -0.39 is 5.76 Å². The fraction of sp³-hybridized carbons (Fsp3) is 0. The topological polar surface area (TPSA) is 89.8 Å². The number of nitrogens with one attached hydrogen (secondary N) is 1. The highest BCUT2D eigenvalue weighted by Crippen LogP contribution is 2.15. The average molecular weight is 216 g/mol. The van der Waals surface area contributed by atoms with Crippen molar-refractivity contribution in [2.75, 3.05) is 5.73 Å². The Morgan fingerprint density at radius 1 is 1.38 bits per heavy atom. The van der Waals surface area contributed by atoms with E-state index in [4.69, 9.17) is 10.2 Å². The molecule has 0 spiro atoms. The molecule has 3 aromatic rings. The number of nitrogens with zero attached hydrogens (tertiary/aromatic N) is 2. The monoisotopic (exact) mass is 216 g/mol. The van der Waals surface area contributed by atoms with Crippen LogP contribution in [0.25, 0.3) is 16.8 Å². The number of nitrogens with two attached hydrogens (primary N) is 1. The number of anilines is 1. The zero-order chi connectivity index (χ0) is 11.1. The third-order valence-corrected chi connectivity index (χ3v) is 2.28. The molecule has 3 N–H and O–H groups in total. The summed E-state index contributed by atoms with van der Waals surface area (Å²) in [4.78, 5) is 13.6. The Balaban J connectivity index is 2.21. The van der Waals surface area contributed by atoms with E-state index in [1.165, 1.54) is 0 Å². The number of hydrogen-bond donors (Lipinski definition) is 2. The lowest BCUT2D eigenvalue weighted by atomic mass is 10.3. The molecule has 3 rings (SSSR count). The first-order chi connectivity index (χ1) is 7.72. The van der Waals surface area contributed by atoms with Crippen molar-refractivity contribution in [2.45, 2.75) is 0 Å². The number of H-pyrrole nitrogens is 1. The number of aromatic amines is 1. The first-order valence-electron chi connectivity index (χ1n) is 4.67. The average Bonchev–Trinajstić information content (AvgIpc) is 2.81. The Morgan fingerprint density at radius 2 is 2.25 bits per heavy atom. The Bertz CT molecular complexity index is 707. The van der Waals surface area contributed by atoms with Crippen molar-refractivity contribution in [1.29, 1.82) is 0 Å². The van der Waals surface area contributed by atoms with E-state index in [-0.39, 0.29) is 0 Å². The summed E-state index contributed by atoms with van der Waals surface area (Å²) in [6.45, 7) is 0. The van der Waals surface area contributed by atoms with Crippen molar-refractivity contribution in [2.24, 2.45) is 0 Å². The number of benzene rings is 1. The van der Waals surface area contributed by atoms with E-state index >= 15 is 0 Å². The van der Waals surface area contributed by atoms with Gasteiger partial charge >= 0.3 is 5.76 Å². The summed E-state index contributed by atoms with van der Waals surface area (Å²) in [5.41, 5.74) is 7.49. The molecule has 0 fully saturated rings. The van der Waals surface area contributed by atoms with Gasteiger partial charge in [0.05, 0.1) is 11.2 Å². The molecule has 0 aliphatic rings. The summed E-state index contributed by atoms with van der Waals surface area (Å²) in [7, 11) is 0. The van der Waals surface area contributed by atoms with Gasteiger partial charge in [0.2, 0.25) is 0 Å². The SMILES string of the molecule is Nc1ccn(-c2ccc3oc(=O)[nH]c3c2)n1. The smallest absolute Gasteiger partial charge is 0.408 e. The van der Waals surface area contributed by atoms with Gasteiger partial charge < -0.3 is 10.2 Å². The van der Waals surface area contributed by atoms with Crippen LogP contribution in [0.15, 0.2) is 39.7 Å². The third-order valence-electron chi connectivity index (χ3n) is 2.28. The highest BCUT2D eigenvalue weighted by Gasteiger charge is 2.04. The van der Waals surface area contributed by atoms with E-state index in [0.717, 1.165) is 5.69 Å². The van der Waals surface area contributed by atoms with Gasteiger partial charge in [-0.1, -0.05) is 0 Å². The van der Waals surface area contributed by atoms with Gasteiger partial charge in [-0.25, -0.2) is 9.48 Å². The quantitative estimate of drug-likeness (QED) is 0.632. The molecule has 0 aliphatic carbocycles. The lowest BCUT2D eigenvalue weighted by Gasteiger charge is -1.99. The summed E-state index contributed by atoms with van der Waals surface area (Å²) in [6, 6.07) is 6.97. The molecule has 1 aromatic carbocycles. The van der Waals surface area contributed by atoms with Crippen LogP contribution in [0.5, 0.6) is 0 Å². The Labute approximate surface area is 89.3 Å². The number of rotatable bonds is 1. The van der Waals surface area contributed by atoms with Gasteiger partial charge in [0, 0.05) is 12.3 Å². The number of oxazole rings is 1. The van der Waals surface area contributed by atoms with E-state index in [1.54, 1.807) is 35.1 Å². The normalized spacial score (nSPS) is 11.0. The summed E-state index contributed by atoms with van der Waals surface area (Å²) < 4.78 is 6.52. The predicted molar refractivity (Wildman–Crippen MR) is 58.4 cm³/mol. The molecule has 16 heavy (non-hydrogen) atoms. The lowest BCUT2D eigenvalue weighted by Crippen LogP contribution is -1.96. The van der Waals surface area contributed by atoms with Crippen LogP contribution in [0.4, 0.5) is 5.82 Å². The maximum atomic E-state index is 11.0. The molecule has 0 aliphatic heterocycles. The molecule has 2 heterocycles. The fourth-order valence-electron chi connectivity index (χ4n) is 1.56. The molecular formula is C10H8N4O2. The van der Waals surface area contributed by atoms with Crippen molar-refractivity contribution in [3.8, 4) is 5.69 Å². The zero-order valence-electron chi connectivity index (χ0n) is 8.18. The molecular weight excluding hydrogens is 208 g/mol. The van der Waals surface area contributed by atoms with Crippen molar-refractivity contribution in [3.63, 3.8) is 0 Å². The van der Waals surface area contributed by atoms with E-state index in [0.29, 0.717) is 16.9 Å². The van der Waals surface area contributed by atoms with Crippen LogP contribution in [0.2, 0.25) is 0 Å². The summed E-state index contributed by atoms with van der Waals surface area (Å²) in [6.07, 6.45) is 1.74. The molecule has 0 bridgehead atoms. The minimum Gasteiger partial charge on any atom is -0.408 e. The number of hydrogen-bond acceptors (Lipinski definition) is 4. The fourth-order valence-corrected chi connectivity index (χ4v) is 1.56. The molecule has 0 saturated carbocycles. The van der Waals surface area contributed by atoms with Crippen LogP contribution in [0, 0.1) is 0 Å². The molecule has 0 amide bonds. The molecule has 6 nitrogen and oxygen atoms in total. The van der Waals surface area contributed by atoms with Gasteiger partial charge in [-0.05, 0) is 18.2 Å². The minimum absolute atomic E-state index is 0.445. The highest BCUT2D eigenvalue weighted by molar-refractivity contribution is 5.74. The van der Waals surface area contributed by atoms with Gasteiger partial charge in [-0.15, -0.1) is 0 Å². The van der Waals surface area contributed by atoms with Crippen LogP contribution in [-0.2, 0) is 0 Å². The maximum Gasteiger partial charge on any atom is 0.417 e. The summed E-state index contributed by atoms with van der Waals surface area (Å²) in [5, 5.41) is 4.07. The van der Waals surface area contributed by atoms with Crippen LogP contribution in [-0.4, -0.2) is 14.8 Å². The first kappa shape index (κ1) is 8.78. The number of aromatic nitrogens is 3. The standard InChI is InChI=1S/C10H8N4O2/c11-9-3-4-14(13-9)6-1-2-8-7(5-6)12-10(15)16-8/h1-5H,(H2,11,13)(H,12,15). The molecule has 0 saturated heterocycles. The van der Waals surface area contributed by atoms with Crippen molar-refractivity contribution in [3.05, 3.63) is 41.0 Å². The van der Waals surface area contributed by atoms with Gasteiger partial charge in [0.1, 0.15) is 5.82 Å². The molecule has 80 valence electrons. The Kier molecular flexibility index (Phi) is 1.64. The number of fused-ring (bicyclic) bond motifs is 1. The molecule has 2 aromatic heterocycles. The third kappa shape index (κ3) is 1.28. The second-order valence-corrected chi connectivity index (χ2v) is 3.38. The Hall–Kier alpha value is -2.50. The van der Waals surface area contributed by atoms with E-state index in [1.807, 2.05) is 0 Å². The van der Waals surface area contributed by atoms with Crippen molar-refractivity contribution < 1.29 is 4.42 Å². The second-order valence-electron chi connectivity index (χ2n) is 3.38. The van der Waals surface area contributed by atoms with Gasteiger partial charge in [-0.2, -0.15) is 5.10 Å². The van der Waals surface area contributed by atoms with E-state index in [9.17, 15) is 4.79 Å². The molecule has 0 atom stereocenters. The maximum absolute atomic E-state index is 11.0. The van der Waals surface area contributed by atoms with Gasteiger partial charge in [0.15, 0.2) is 5.58 Å². The van der Waals surface area contributed by atoms with Crippen LogP contribution in [0.1, 0.15) is 0 Å². The minimum atomic E-state index is -0.466. The largest absolute Gasteiger partial charge is 0.417 e. The Morgan fingerprint density at radius 3 is 3.00 bits per heavy atom. The first-order valence-corrected chi connectivity index (χ1v) is 4.67. The molecule has 0 radical (unpaired) electrons. The van der Waals surface area contributed by atoms with Crippen molar-refractivity contribution >= 4 is 16.9 Å². The van der Waals surface area contributed by atoms with Crippen LogP contribution < -0.4 is 11.5 Å². The molecule has 6 heteroatoms. The predicted octanol–water partition coefficient (Wildman–Crippen LogP) is 0.889. The van der Waals surface area contributed by atoms with Crippen molar-refractivity contribution in [1.82, 2.24) is 14.8 Å².